The Morgan fingerprint density at radius 1 is 0.962 bits per heavy atom. The Morgan fingerprint density at radius 3 is 2.12 bits per heavy atom. The molecule has 1 aromatic carbocycles. The molecule has 2 N–H and O–H groups in total. The molecule has 0 saturated heterocycles. The molecule has 2 rings (SSSR count). The average Bonchev–Trinajstić information content (AvgIpc) is 2.62. The van der Waals surface area contributed by atoms with E-state index in [2.05, 4.69) is 20.6 Å². The smallest absolute Gasteiger partial charge is 0.229 e. The van der Waals surface area contributed by atoms with E-state index < -0.39 is 0 Å². The highest BCUT2D eigenvalue weighted by Crippen LogP contribution is 2.20. The Morgan fingerprint density at radius 2 is 1.58 bits per heavy atom. The van der Waals surface area contributed by atoms with Gasteiger partial charge in [0.05, 0.1) is 0 Å². The van der Waals surface area contributed by atoms with Crippen LogP contribution in [-0.4, -0.2) is 24.1 Å². The van der Waals surface area contributed by atoms with Crippen LogP contribution in [0.15, 0.2) is 41.6 Å². The lowest BCUT2D eigenvalue weighted by Crippen LogP contribution is -2.12. The van der Waals surface area contributed by atoms with Gasteiger partial charge in [-0.3, -0.25) is 0 Å². The molecule has 1 aromatic heterocycles. The van der Waals surface area contributed by atoms with Gasteiger partial charge in [0, 0.05) is 37.2 Å². The highest BCUT2D eigenvalue weighted by molar-refractivity contribution is 5.63. The van der Waals surface area contributed by atoms with Crippen molar-refractivity contribution in [3.05, 3.63) is 47.3 Å². The zero-order chi connectivity index (χ0) is 19.1. The number of aryl methyl sites for hydroxylation is 1. The molecule has 2 aromatic rings. The number of benzene rings is 1. The summed E-state index contributed by atoms with van der Waals surface area (Å²) in [7, 11) is 3.81. The van der Waals surface area contributed by atoms with E-state index in [0.717, 1.165) is 17.2 Å². The quantitative estimate of drug-likeness (QED) is 0.793. The van der Waals surface area contributed by atoms with E-state index >= 15 is 0 Å². The van der Waals surface area contributed by atoms with Crippen molar-refractivity contribution >= 4 is 23.1 Å². The number of allylic oxidation sites excluding steroid dienone is 2. The third-order valence-corrected chi connectivity index (χ3v) is 3.29. The first-order valence-electron chi connectivity index (χ1n) is 7.58. The molecule has 128 valence electrons. The average molecular weight is 344 g/mol. The summed E-state index contributed by atoms with van der Waals surface area (Å²) in [4.78, 5) is 10.7. The predicted molar refractivity (Wildman–Crippen MR) is 98.3 cm³/mol. The minimum Gasteiger partial charge on any atom is -0.363 e. The van der Waals surface area contributed by atoms with Crippen LogP contribution in [0.2, 0.25) is 0 Å². The van der Waals surface area contributed by atoms with Crippen molar-refractivity contribution in [1.29, 1.82) is 15.8 Å². The van der Waals surface area contributed by atoms with E-state index in [1.807, 2.05) is 38.1 Å². The summed E-state index contributed by atoms with van der Waals surface area (Å²) < 4.78 is 0. The minimum absolute atomic E-state index is 0.0895. The molecule has 1 heterocycles. The zero-order valence-electron chi connectivity index (χ0n) is 14.6. The maximum absolute atomic E-state index is 9.06. The molecule has 0 spiro atoms. The third kappa shape index (κ3) is 4.47. The number of nitrogens with one attached hydrogen (secondary N) is 2. The van der Waals surface area contributed by atoms with Gasteiger partial charge in [-0.15, -0.1) is 0 Å². The van der Waals surface area contributed by atoms with Crippen LogP contribution < -0.4 is 15.5 Å². The third-order valence-electron chi connectivity index (χ3n) is 3.29. The highest BCUT2D eigenvalue weighted by Gasteiger charge is 2.07. The summed E-state index contributed by atoms with van der Waals surface area (Å²) in [6, 6.07) is 14.1. The molecule has 0 atom stereocenters. The molecule has 0 aliphatic heterocycles. The number of nitrogens with zero attached hydrogens (tertiary/aromatic N) is 6. The van der Waals surface area contributed by atoms with Crippen LogP contribution in [0, 0.1) is 40.9 Å². The molecule has 0 radical (unpaired) electrons. The first-order valence-corrected chi connectivity index (χ1v) is 7.58. The largest absolute Gasteiger partial charge is 0.363 e. The van der Waals surface area contributed by atoms with Crippen molar-refractivity contribution in [2.75, 3.05) is 29.6 Å². The van der Waals surface area contributed by atoms with E-state index in [9.17, 15) is 0 Å². The SMILES string of the molecule is Cc1cc(N(C)C)nc(Nc2ccc(NC(C#N)=C(C#N)C#N)cc2)n1. The maximum atomic E-state index is 9.06. The number of hydrogen-bond acceptors (Lipinski definition) is 8. The molecule has 8 nitrogen and oxygen atoms in total. The molecule has 0 saturated carbocycles. The van der Waals surface area contributed by atoms with E-state index in [0.29, 0.717) is 11.6 Å². The normalized spacial score (nSPS) is 9.23. The van der Waals surface area contributed by atoms with Gasteiger partial charge >= 0.3 is 0 Å². The summed E-state index contributed by atoms with van der Waals surface area (Å²) in [5.41, 5.74) is 1.82. The zero-order valence-corrected chi connectivity index (χ0v) is 14.6. The monoisotopic (exact) mass is 344 g/mol. The van der Waals surface area contributed by atoms with Crippen LogP contribution in [0.3, 0.4) is 0 Å². The van der Waals surface area contributed by atoms with Crippen LogP contribution in [0.25, 0.3) is 0 Å². The van der Waals surface area contributed by atoms with Gasteiger partial charge < -0.3 is 15.5 Å². The molecule has 0 bridgehead atoms. The Balaban J connectivity index is 2.19. The van der Waals surface area contributed by atoms with Crippen molar-refractivity contribution in [2.24, 2.45) is 0 Å². The second-order valence-electron chi connectivity index (χ2n) is 5.50. The first-order chi connectivity index (χ1) is 12.5. The van der Waals surface area contributed by atoms with E-state index in [-0.39, 0.29) is 11.3 Å². The van der Waals surface area contributed by atoms with Gasteiger partial charge in [0.15, 0.2) is 5.57 Å². The minimum atomic E-state index is -0.265. The molecule has 26 heavy (non-hydrogen) atoms. The Labute approximate surface area is 151 Å². The number of aromatic nitrogens is 2. The Kier molecular flexibility index (Phi) is 5.71. The van der Waals surface area contributed by atoms with Gasteiger partial charge in [0.2, 0.25) is 5.95 Å². The van der Waals surface area contributed by atoms with E-state index in [4.69, 9.17) is 15.8 Å². The van der Waals surface area contributed by atoms with Gasteiger partial charge in [0.25, 0.3) is 0 Å². The second-order valence-corrected chi connectivity index (χ2v) is 5.50. The second kappa shape index (κ2) is 8.14. The van der Waals surface area contributed by atoms with Gasteiger partial charge in [-0.05, 0) is 31.2 Å². The Bertz CT molecular complexity index is 937. The molecule has 0 fully saturated rings. The van der Waals surface area contributed by atoms with Gasteiger partial charge in [0.1, 0.15) is 29.7 Å². The maximum Gasteiger partial charge on any atom is 0.229 e. The predicted octanol–water partition coefficient (Wildman–Crippen LogP) is 2.83. The lowest BCUT2D eigenvalue weighted by Gasteiger charge is -2.14. The fourth-order valence-corrected chi connectivity index (χ4v) is 2.03. The fraction of sp³-hybridized carbons (Fsp3) is 0.167. The first kappa shape index (κ1) is 18.3. The number of rotatable bonds is 5. The van der Waals surface area contributed by atoms with Crippen LogP contribution in [0.5, 0.6) is 0 Å². The summed E-state index contributed by atoms with van der Waals surface area (Å²) in [5.74, 6) is 1.27. The summed E-state index contributed by atoms with van der Waals surface area (Å²) in [6.45, 7) is 1.89. The van der Waals surface area contributed by atoms with Crippen LogP contribution in [0.1, 0.15) is 5.69 Å². The summed E-state index contributed by atoms with van der Waals surface area (Å²) in [5, 5.41) is 32.6. The van der Waals surface area contributed by atoms with Crippen molar-refractivity contribution in [3.63, 3.8) is 0 Å². The van der Waals surface area contributed by atoms with Crippen molar-refractivity contribution in [2.45, 2.75) is 6.92 Å². The van der Waals surface area contributed by atoms with Gasteiger partial charge in [-0.1, -0.05) is 0 Å². The summed E-state index contributed by atoms with van der Waals surface area (Å²) in [6.07, 6.45) is 0. The fourth-order valence-electron chi connectivity index (χ4n) is 2.03. The molecule has 0 aliphatic carbocycles. The number of nitriles is 3. The van der Waals surface area contributed by atoms with E-state index in [1.54, 1.807) is 36.4 Å². The van der Waals surface area contributed by atoms with Gasteiger partial charge in [-0.25, -0.2) is 4.98 Å². The lowest BCUT2D eigenvalue weighted by molar-refractivity contribution is 1.02. The van der Waals surface area contributed by atoms with Crippen molar-refractivity contribution < 1.29 is 0 Å². The van der Waals surface area contributed by atoms with Crippen LogP contribution >= 0.6 is 0 Å². The molecule has 8 heteroatoms. The highest BCUT2D eigenvalue weighted by atomic mass is 15.2. The van der Waals surface area contributed by atoms with Crippen LogP contribution in [0.4, 0.5) is 23.1 Å². The Hall–Kier alpha value is -4.09. The summed E-state index contributed by atoms with van der Waals surface area (Å²) >= 11 is 0. The van der Waals surface area contributed by atoms with Crippen molar-refractivity contribution in [3.8, 4) is 18.2 Å². The molecule has 0 amide bonds. The van der Waals surface area contributed by atoms with Crippen LogP contribution in [-0.2, 0) is 0 Å². The molecular weight excluding hydrogens is 328 g/mol. The van der Waals surface area contributed by atoms with E-state index in [1.165, 1.54) is 0 Å². The van der Waals surface area contributed by atoms with Crippen molar-refractivity contribution in [1.82, 2.24) is 9.97 Å². The van der Waals surface area contributed by atoms with Gasteiger partial charge in [-0.2, -0.15) is 20.8 Å². The molecule has 0 aliphatic rings. The number of hydrogen-bond donors (Lipinski definition) is 2. The standard InChI is InChI=1S/C18H16N8/c1-12-8-17(26(2)3)25-18(22-12)24-15-6-4-14(5-7-15)23-16(11-21)13(9-19)10-20/h4-8,23H,1-3H3,(H,22,24,25). The number of anilines is 4. The molecular formula is C18H16N8. The topological polar surface area (TPSA) is 124 Å². The lowest BCUT2D eigenvalue weighted by atomic mass is 10.2. The molecule has 0 unspecified atom stereocenters.